The second-order valence-electron chi connectivity index (χ2n) is 4.98. The van der Waals surface area contributed by atoms with Gasteiger partial charge in [-0.05, 0) is 42.3 Å². The molecule has 4 nitrogen and oxygen atoms in total. The number of benzene rings is 2. The fourth-order valence-corrected chi connectivity index (χ4v) is 2.65. The van der Waals surface area contributed by atoms with E-state index in [9.17, 15) is 17.6 Å². The van der Waals surface area contributed by atoms with Crippen molar-refractivity contribution >= 4 is 21.4 Å². The molecule has 0 aliphatic rings. The van der Waals surface area contributed by atoms with E-state index in [1.54, 1.807) is 24.3 Å². The zero-order valence-corrected chi connectivity index (χ0v) is 12.9. The number of sulfone groups is 1. The van der Waals surface area contributed by atoms with E-state index in [0.29, 0.717) is 12.1 Å². The first-order valence-electron chi connectivity index (χ1n) is 6.69. The molecule has 2 rings (SSSR count). The highest BCUT2D eigenvalue weighted by atomic mass is 32.2. The maximum atomic E-state index is 13.0. The molecule has 116 valence electrons. The molecule has 0 aromatic heterocycles. The topological polar surface area (TPSA) is 63.2 Å². The first-order valence-corrected chi connectivity index (χ1v) is 8.58. The molecule has 0 spiro atoms. The number of carbonyl (C=O) groups excluding carboxylic acids is 1. The lowest BCUT2D eigenvalue weighted by molar-refractivity contribution is -0.116. The monoisotopic (exact) mass is 321 g/mol. The van der Waals surface area contributed by atoms with Crippen LogP contribution in [0.4, 0.5) is 10.1 Å². The SMILES string of the molecule is CS(=O)(=O)c1cccc(NC(=O)CCc2cccc(F)c2)c1. The highest BCUT2D eigenvalue weighted by Gasteiger charge is 2.09. The number of halogens is 1. The highest BCUT2D eigenvalue weighted by Crippen LogP contribution is 2.16. The van der Waals surface area contributed by atoms with E-state index in [1.807, 2.05) is 0 Å². The van der Waals surface area contributed by atoms with Crippen LogP contribution >= 0.6 is 0 Å². The molecular formula is C16H16FNO3S. The molecule has 22 heavy (non-hydrogen) atoms. The van der Waals surface area contributed by atoms with E-state index in [-0.39, 0.29) is 23.0 Å². The summed E-state index contributed by atoms with van der Waals surface area (Å²) in [7, 11) is -3.31. The van der Waals surface area contributed by atoms with Gasteiger partial charge in [0.25, 0.3) is 0 Å². The van der Waals surface area contributed by atoms with Gasteiger partial charge in [-0.15, -0.1) is 0 Å². The van der Waals surface area contributed by atoms with Gasteiger partial charge in [-0.2, -0.15) is 0 Å². The Kier molecular flexibility index (Phi) is 4.92. The van der Waals surface area contributed by atoms with Gasteiger partial charge < -0.3 is 5.32 Å². The smallest absolute Gasteiger partial charge is 0.224 e. The van der Waals surface area contributed by atoms with E-state index in [1.165, 1.54) is 24.3 Å². The molecule has 2 aromatic carbocycles. The molecule has 0 saturated carbocycles. The quantitative estimate of drug-likeness (QED) is 0.921. The molecule has 1 amide bonds. The van der Waals surface area contributed by atoms with Crippen molar-refractivity contribution in [3.05, 3.63) is 59.9 Å². The van der Waals surface area contributed by atoms with Crippen LogP contribution in [0.25, 0.3) is 0 Å². The molecule has 2 aromatic rings. The molecular weight excluding hydrogens is 305 g/mol. The van der Waals surface area contributed by atoms with E-state index in [4.69, 9.17) is 0 Å². The van der Waals surface area contributed by atoms with Gasteiger partial charge in [0, 0.05) is 18.4 Å². The third-order valence-electron chi connectivity index (χ3n) is 3.08. The van der Waals surface area contributed by atoms with Crippen molar-refractivity contribution in [2.45, 2.75) is 17.7 Å². The summed E-state index contributed by atoms with van der Waals surface area (Å²) in [4.78, 5) is 12.0. The predicted octanol–water partition coefficient (Wildman–Crippen LogP) is 2.80. The third kappa shape index (κ3) is 4.66. The molecule has 0 aliphatic carbocycles. The van der Waals surface area contributed by atoms with Gasteiger partial charge in [-0.25, -0.2) is 12.8 Å². The van der Waals surface area contributed by atoms with Gasteiger partial charge in [0.15, 0.2) is 9.84 Å². The number of amides is 1. The molecule has 0 atom stereocenters. The van der Waals surface area contributed by atoms with Crippen molar-refractivity contribution in [2.75, 3.05) is 11.6 Å². The average Bonchev–Trinajstić information content (AvgIpc) is 2.45. The number of carbonyl (C=O) groups is 1. The van der Waals surface area contributed by atoms with Crippen molar-refractivity contribution in [2.24, 2.45) is 0 Å². The highest BCUT2D eigenvalue weighted by molar-refractivity contribution is 7.90. The van der Waals surface area contributed by atoms with Crippen LogP contribution in [0.2, 0.25) is 0 Å². The Morgan fingerprint density at radius 1 is 1.14 bits per heavy atom. The number of hydrogen-bond acceptors (Lipinski definition) is 3. The Balaban J connectivity index is 1.98. The van der Waals surface area contributed by atoms with Crippen LogP contribution in [0.1, 0.15) is 12.0 Å². The van der Waals surface area contributed by atoms with Crippen molar-refractivity contribution in [3.8, 4) is 0 Å². The van der Waals surface area contributed by atoms with Crippen LogP contribution in [-0.4, -0.2) is 20.6 Å². The van der Waals surface area contributed by atoms with Crippen molar-refractivity contribution in [1.29, 1.82) is 0 Å². The van der Waals surface area contributed by atoms with Crippen LogP contribution in [0.3, 0.4) is 0 Å². The summed E-state index contributed by atoms with van der Waals surface area (Å²) >= 11 is 0. The standard InChI is InChI=1S/C16H16FNO3S/c1-22(20,21)15-7-3-6-14(11-15)18-16(19)9-8-12-4-2-5-13(17)10-12/h2-7,10-11H,8-9H2,1H3,(H,18,19). The molecule has 0 aliphatic heterocycles. The Hall–Kier alpha value is -2.21. The molecule has 0 heterocycles. The van der Waals surface area contributed by atoms with Gasteiger partial charge >= 0.3 is 0 Å². The molecule has 0 unspecified atom stereocenters. The molecule has 0 bridgehead atoms. The van der Waals surface area contributed by atoms with Crippen LogP contribution in [0.5, 0.6) is 0 Å². The minimum Gasteiger partial charge on any atom is -0.326 e. The van der Waals surface area contributed by atoms with Crippen LogP contribution in [0, 0.1) is 5.82 Å². The number of nitrogens with one attached hydrogen (secondary N) is 1. The first kappa shape index (κ1) is 16.2. The Labute approximate surface area is 128 Å². The van der Waals surface area contributed by atoms with Crippen molar-refractivity contribution in [3.63, 3.8) is 0 Å². The Morgan fingerprint density at radius 3 is 2.55 bits per heavy atom. The summed E-state index contributed by atoms with van der Waals surface area (Å²) in [5.74, 6) is -0.589. The van der Waals surface area contributed by atoms with Crippen molar-refractivity contribution < 1.29 is 17.6 Å². The lowest BCUT2D eigenvalue weighted by Gasteiger charge is -2.07. The molecule has 0 fully saturated rings. The van der Waals surface area contributed by atoms with Crippen LogP contribution in [-0.2, 0) is 21.1 Å². The Bertz CT molecular complexity index is 787. The number of anilines is 1. The summed E-state index contributed by atoms with van der Waals surface area (Å²) in [6.07, 6.45) is 1.71. The number of rotatable bonds is 5. The molecule has 0 saturated heterocycles. The van der Waals surface area contributed by atoms with Crippen LogP contribution in [0.15, 0.2) is 53.4 Å². The van der Waals surface area contributed by atoms with Gasteiger partial charge in [0.1, 0.15) is 5.82 Å². The number of aryl methyl sites for hydroxylation is 1. The minimum atomic E-state index is -3.31. The van der Waals surface area contributed by atoms with E-state index in [0.717, 1.165) is 11.8 Å². The third-order valence-corrected chi connectivity index (χ3v) is 4.19. The summed E-state index contributed by atoms with van der Waals surface area (Å²) in [6.45, 7) is 0. The van der Waals surface area contributed by atoms with Gasteiger partial charge in [-0.1, -0.05) is 18.2 Å². The molecule has 6 heteroatoms. The lowest BCUT2D eigenvalue weighted by atomic mass is 10.1. The van der Waals surface area contributed by atoms with Gasteiger partial charge in [0.2, 0.25) is 5.91 Å². The fraction of sp³-hybridized carbons (Fsp3) is 0.188. The normalized spacial score (nSPS) is 11.2. The van der Waals surface area contributed by atoms with E-state index >= 15 is 0 Å². The minimum absolute atomic E-state index is 0.149. The van der Waals surface area contributed by atoms with Crippen molar-refractivity contribution in [1.82, 2.24) is 0 Å². The summed E-state index contributed by atoms with van der Waals surface area (Å²) in [5, 5.41) is 2.64. The number of hydrogen-bond donors (Lipinski definition) is 1. The largest absolute Gasteiger partial charge is 0.326 e. The van der Waals surface area contributed by atoms with Crippen LogP contribution < -0.4 is 5.32 Å². The van der Waals surface area contributed by atoms with E-state index < -0.39 is 9.84 Å². The van der Waals surface area contributed by atoms with Gasteiger partial charge in [-0.3, -0.25) is 4.79 Å². The average molecular weight is 321 g/mol. The zero-order valence-electron chi connectivity index (χ0n) is 12.0. The maximum absolute atomic E-state index is 13.0. The summed E-state index contributed by atoms with van der Waals surface area (Å²) in [6, 6.07) is 12.1. The zero-order chi connectivity index (χ0) is 16.2. The first-order chi connectivity index (χ1) is 10.3. The van der Waals surface area contributed by atoms with E-state index in [2.05, 4.69) is 5.32 Å². The predicted molar refractivity (Wildman–Crippen MR) is 82.9 cm³/mol. The van der Waals surface area contributed by atoms with Gasteiger partial charge in [0.05, 0.1) is 4.90 Å². The second-order valence-corrected chi connectivity index (χ2v) is 6.99. The molecule has 0 radical (unpaired) electrons. The summed E-state index contributed by atoms with van der Waals surface area (Å²) in [5.41, 5.74) is 1.16. The summed E-state index contributed by atoms with van der Waals surface area (Å²) < 4.78 is 36.0. The lowest BCUT2D eigenvalue weighted by Crippen LogP contribution is -2.12. The maximum Gasteiger partial charge on any atom is 0.224 e. The second kappa shape index (κ2) is 6.70. The molecule has 1 N–H and O–H groups in total. The Morgan fingerprint density at radius 2 is 1.86 bits per heavy atom. The fourth-order valence-electron chi connectivity index (χ4n) is 1.98.